The molecule has 0 atom stereocenters. The Morgan fingerprint density at radius 2 is 1.78 bits per heavy atom. The van der Waals surface area contributed by atoms with Crippen LogP contribution in [0.3, 0.4) is 0 Å². The SMILES string of the molecule is COc1cc(C(C)=O)ccc1OCCCN1CCC(Cc2cccc(C3CCCCC3)c2O)CC1.Cl. The van der Waals surface area contributed by atoms with Crippen LogP contribution in [0.2, 0.25) is 0 Å². The normalized spacial score (nSPS) is 17.4. The van der Waals surface area contributed by atoms with Crippen LogP contribution in [0.25, 0.3) is 0 Å². The maximum Gasteiger partial charge on any atom is 0.161 e. The Morgan fingerprint density at radius 1 is 1.03 bits per heavy atom. The average Bonchev–Trinajstić information content (AvgIpc) is 2.89. The lowest BCUT2D eigenvalue weighted by molar-refractivity contribution is 0.101. The van der Waals surface area contributed by atoms with E-state index in [9.17, 15) is 9.90 Å². The molecular formula is C30H42ClNO4. The largest absolute Gasteiger partial charge is 0.507 e. The van der Waals surface area contributed by atoms with Gasteiger partial charge in [-0.25, -0.2) is 0 Å². The zero-order valence-electron chi connectivity index (χ0n) is 21.8. The number of phenolic OH excluding ortho intramolecular Hbond substituents is 1. The van der Waals surface area contributed by atoms with E-state index in [2.05, 4.69) is 23.1 Å². The molecule has 0 bridgehead atoms. The number of benzene rings is 2. The zero-order valence-corrected chi connectivity index (χ0v) is 22.7. The highest BCUT2D eigenvalue weighted by Gasteiger charge is 2.23. The number of rotatable bonds is 10. The Hall–Kier alpha value is -2.24. The van der Waals surface area contributed by atoms with Crippen molar-refractivity contribution >= 4 is 18.2 Å². The van der Waals surface area contributed by atoms with Gasteiger partial charge in [-0.3, -0.25) is 4.79 Å². The molecule has 2 aromatic carbocycles. The van der Waals surface area contributed by atoms with Crippen molar-refractivity contribution in [2.75, 3.05) is 33.4 Å². The molecular weight excluding hydrogens is 474 g/mol. The predicted octanol–water partition coefficient (Wildman–Crippen LogP) is 6.80. The van der Waals surface area contributed by atoms with Crippen LogP contribution in [-0.4, -0.2) is 49.1 Å². The fraction of sp³-hybridized carbons (Fsp3) is 0.567. The second-order valence-corrected chi connectivity index (χ2v) is 10.3. The van der Waals surface area contributed by atoms with E-state index >= 15 is 0 Å². The minimum Gasteiger partial charge on any atom is -0.507 e. The van der Waals surface area contributed by atoms with Gasteiger partial charge in [-0.05, 0) is 99.7 Å². The van der Waals surface area contributed by atoms with Gasteiger partial charge in [0.1, 0.15) is 5.75 Å². The van der Waals surface area contributed by atoms with Gasteiger partial charge in [0, 0.05) is 12.1 Å². The maximum absolute atomic E-state index is 11.6. The van der Waals surface area contributed by atoms with Crippen molar-refractivity contribution < 1.29 is 19.4 Å². The van der Waals surface area contributed by atoms with Gasteiger partial charge in [-0.15, -0.1) is 12.4 Å². The molecule has 4 rings (SSSR count). The fourth-order valence-electron chi connectivity index (χ4n) is 5.72. The van der Waals surface area contributed by atoms with Crippen molar-refractivity contribution in [2.24, 2.45) is 5.92 Å². The summed E-state index contributed by atoms with van der Waals surface area (Å²) in [5.41, 5.74) is 2.96. The number of carbonyl (C=O) groups is 1. The summed E-state index contributed by atoms with van der Waals surface area (Å²) in [4.78, 5) is 14.1. The molecule has 36 heavy (non-hydrogen) atoms. The summed E-state index contributed by atoms with van der Waals surface area (Å²) in [5, 5.41) is 11.0. The molecule has 1 saturated carbocycles. The summed E-state index contributed by atoms with van der Waals surface area (Å²) in [6.45, 7) is 5.39. The average molecular weight is 516 g/mol. The van der Waals surface area contributed by atoms with E-state index in [-0.39, 0.29) is 18.2 Å². The number of ketones is 1. The first-order valence-corrected chi connectivity index (χ1v) is 13.4. The molecule has 1 aliphatic heterocycles. The van der Waals surface area contributed by atoms with Gasteiger partial charge >= 0.3 is 0 Å². The molecule has 1 aliphatic carbocycles. The van der Waals surface area contributed by atoms with E-state index in [0.29, 0.717) is 41.3 Å². The van der Waals surface area contributed by atoms with Crippen molar-refractivity contribution in [3.63, 3.8) is 0 Å². The molecule has 198 valence electrons. The Balaban J connectivity index is 0.00000361. The van der Waals surface area contributed by atoms with Crippen LogP contribution in [0, 0.1) is 5.92 Å². The van der Waals surface area contributed by atoms with Crippen LogP contribution in [0.4, 0.5) is 0 Å². The van der Waals surface area contributed by atoms with Crippen molar-refractivity contribution in [1.29, 1.82) is 0 Å². The number of nitrogens with zero attached hydrogens (tertiary/aromatic N) is 1. The number of halogens is 1. The molecule has 0 unspecified atom stereocenters. The maximum atomic E-state index is 11.6. The highest BCUT2D eigenvalue weighted by atomic mass is 35.5. The second kappa shape index (κ2) is 13.9. The number of ether oxygens (including phenoxy) is 2. The van der Waals surface area contributed by atoms with Gasteiger partial charge in [0.15, 0.2) is 17.3 Å². The number of hydrogen-bond donors (Lipinski definition) is 1. The summed E-state index contributed by atoms with van der Waals surface area (Å²) in [6.07, 6.45) is 10.6. The lowest BCUT2D eigenvalue weighted by Gasteiger charge is -2.32. The fourth-order valence-corrected chi connectivity index (χ4v) is 5.72. The second-order valence-electron chi connectivity index (χ2n) is 10.3. The number of aromatic hydroxyl groups is 1. The highest BCUT2D eigenvalue weighted by molar-refractivity contribution is 5.94. The van der Waals surface area contributed by atoms with Crippen molar-refractivity contribution in [1.82, 2.24) is 4.90 Å². The zero-order chi connectivity index (χ0) is 24.6. The first-order chi connectivity index (χ1) is 17.0. The summed E-state index contributed by atoms with van der Waals surface area (Å²) in [7, 11) is 1.60. The predicted molar refractivity (Wildman–Crippen MR) is 147 cm³/mol. The van der Waals surface area contributed by atoms with Gasteiger partial charge in [0.2, 0.25) is 0 Å². The Kier molecular flexibility index (Phi) is 10.9. The first-order valence-electron chi connectivity index (χ1n) is 13.4. The number of piperidine rings is 1. The van der Waals surface area contributed by atoms with Gasteiger partial charge in [0.05, 0.1) is 13.7 Å². The molecule has 2 aromatic rings. The number of likely N-dealkylation sites (tertiary alicyclic amines) is 1. The molecule has 0 amide bonds. The number of carbonyl (C=O) groups excluding carboxylic acids is 1. The third-order valence-corrected chi connectivity index (χ3v) is 7.86. The van der Waals surface area contributed by atoms with Crippen LogP contribution in [0.1, 0.15) is 85.7 Å². The van der Waals surface area contributed by atoms with E-state index in [1.54, 1.807) is 26.2 Å². The summed E-state index contributed by atoms with van der Waals surface area (Å²) in [5.74, 6) is 3.07. The highest BCUT2D eigenvalue weighted by Crippen LogP contribution is 2.39. The number of para-hydroxylation sites is 1. The van der Waals surface area contributed by atoms with E-state index in [1.165, 1.54) is 50.5 Å². The van der Waals surface area contributed by atoms with Gasteiger partial charge in [-0.1, -0.05) is 37.5 Å². The minimum atomic E-state index is 0. The van der Waals surface area contributed by atoms with Crippen LogP contribution in [0.15, 0.2) is 36.4 Å². The molecule has 2 fully saturated rings. The lowest BCUT2D eigenvalue weighted by atomic mass is 9.82. The summed E-state index contributed by atoms with van der Waals surface area (Å²) < 4.78 is 11.3. The molecule has 1 N–H and O–H groups in total. The van der Waals surface area contributed by atoms with Gasteiger partial charge in [-0.2, -0.15) is 0 Å². The quantitative estimate of drug-likeness (QED) is 0.278. The molecule has 2 aliphatic rings. The summed E-state index contributed by atoms with van der Waals surface area (Å²) in [6, 6.07) is 11.8. The molecule has 1 heterocycles. The number of Topliss-reactive ketones (excluding diaryl/α,β-unsaturated/α-hetero) is 1. The molecule has 1 saturated heterocycles. The minimum absolute atomic E-state index is 0. The number of methoxy groups -OCH3 is 1. The van der Waals surface area contributed by atoms with Crippen LogP contribution in [-0.2, 0) is 6.42 Å². The van der Waals surface area contributed by atoms with Crippen molar-refractivity contribution in [3.8, 4) is 17.2 Å². The first kappa shape index (κ1) is 28.3. The Labute approximate surface area is 222 Å². The van der Waals surface area contributed by atoms with E-state index in [1.807, 2.05) is 6.07 Å². The molecule has 0 radical (unpaired) electrons. The van der Waals surface area contributed by atoms with Crippen molar-refractivity contribution in [2.45, 2.75) is 70.6 Å². The standard InChI is InChI=1S/C30H41NO4.ClH/c1-22(32)25-12-13-28(29(21-25)34-2)35-19-7-16-31-17-14-23(15-18-31)20-26-10-6-11-27(30(26)33)24-8-4-3-5-9-24;/h6,10-13,21,23-24,33H,3-5,7-9,14-20H2,1-2H3;1H. The summed E-state index contributed by atoms with van der Waals surface area (Å²) >= 11 is 0. The topological polar surface area (TPSA) is 59.0 Å². The number of hydrogen-bond acceptors (Lipinski definition) is 5. The van der Waals surface area contributed by atoms with Crippen molar-refractivity contribution in [3.05, 3.63) is 53.1 Å². The number of phenols is 1. The van der Waals surface area contributed by atoms with E-state index in [4.69, 9.17) is 9.47 Å². The van der Waals surface area contributed by atoms with Gasteiger partial charge < -0.3 is 19.5 Å². The Bertz CT molecular complexity index is 981. The van der Waals surface area contributed by atoms with Crippen LogP contribution in [0.5, 0.6) is 17.2 Å². The smallest absolute Gasteiger partial charge is 0.161 e. The van der Waals surface area contributed by atoms with E-state index < -0.39 is 0 Å². The molecule has 5 nitrogen and oxygen atoms in total. The van der Waals surface area contributed by atoms with Gasteiger partial charge in [0.25, 0.3) is 0 Å². The molecule has 0 spiro atoms. The molecule has 6 heteroatoms. The third kappa shape index (κ3) is 7.39. The monoisotopic (exact) mass is 515 g/mol. The molecule has 0 aromatic heterocycles. The lowest BCUT2D eigenvalue weighted by Crippen LogP contribution is -2.35. The van der Waals surface area contributed by atoms with Crippen LogP contribution >= 0.6 is 12.4 Å². The van der Waals surface area contributed by atoms with E-state index in [0.717, 1.165) is 38.0 Å². The third-order valence-electron chi connectivity index (χ3n) is 7.86. The Morgan fingerprint density at radius 3 is 2.47 bits per heavy atom. The van der Waals surface area contributed by atoms with Crippen LogP contribution < -0.4 is 9.47 Å².